The first-order chi connectivity index (χ1) is 9.79. The number of carbonyl (C=O) groups is 1. The van der Waals surface area contributed by atoms with Gasteiger partial charge in [-0.05, 0) is 25.0 Å². The Hall–Kier alpha value is -1.59. The van der Waals surface area contributed by atoms with Gasteiger partial charge in [-0.1, -0.05) is 18.2 Å². The van der Waals surface area contributed by atoms with Crippen molar-refractivity contribution in [2.45, 2.75) is 18.9 Å². The second-order valence-corrected chi connectivity index (χ2v) is 4.85. The normalized spacial score (nSPS) is 16.1. The van der Waals surface area contributed by atoms with E-state index in [0.717, 1.165) is 31.6 Å². The minimum Gasteiger partial charge on any atom is -0.382 e. The number of amides is 2. The number of rotatable bonds is 5. The molecule has 5 heteroatoms. The molecular formula is C15H22N2O3. The van der Waals surface area contributed by atoms with Crippen LogP contribution in [0.3, 0.4) is 0 Å². The van der Waals surface area contributed by atoms with Crippen LogP contribution in [0.2, 0.25) is 0 Å². The van der Waals surface area contributed by atoms with Gasteiger partial charge in [-0.15, -0.1) is 0 Å². The molecule has 2 rings (SSSR count). The second kappa shape index (κ2) is 7.87. The smallest absolute Gasteiger partial charge is 0.321 e. The Morgan fingerprint density at radius 3 is 2.60 bits per heavy atom. The van der Waals surface area contributed by atoms with Crippen molar-refractivity contribution in [3.8, 4) is 0 Å². The van der Waals surface area contributed by atoms with Gasteiger partial charge in [-0.2, -0.15) is 0 Å². The third-order valence-corrected chi connectivity index (χ3v) is 3.40. The van der Waals surface area contributed by atoms with E-state index in [0.29, 0.717) is 13.2 Å². The van der Waals surface area contributed by atoms with Gasteiger partial charge >= 0.3 is 6.03 Å². The molecule has 0 radical (unpaired) electrons. The Morgan fingerprint density at radius 2 is 1.95 bits per heavy atom. The summed E-state index contributed by atoms with van der Waals surface area (Å²) < 4.78 is 10.6. The summed E-state index contributed by atoms with van der Waals surface area (Å²) in [6.07, 6.45) is 2.00. The van der Waals surface area contributed by atoms with Gasteiger partial charge in [-0.3, -0.25) is 0 Å². The number of ether oxygens (including phenoxy) is 2. The maximum absolute atomic E-state index is 12.1. The average Bonchev–Trinajstić information content (AvgIpc) is 2.49. The van der Waals surface area contributed by atoms with Crippen molar-refractivity contribution >= 4 is 11.7 Å². The summed E-state index contributed by atoms with van der Waals surface area (Å²) in [7, 11) is 1.67. The van der Waals surface area contributed by atoms with Crippen LogP contribution in [0.5, 0.6) is 0 Å². The number of benzene rings is 1. The fraction of sp³-hybridized carbons (Fsp3) is 0.533. The van der Waals surface area contributed by atoms with Crippen LogP contribution in [0, 0.1) is 0 Å². The highest BCUT2D eigenvalue weighted by molar-refractivity contribution is 5.89. The van der Waals surface area contributed by atoms with E-state index in [9.17, 15) is 4.79 Å². The Balaban J connectivity index is 1.72. The molecule has 1 heterocycles. The van der Waals surface area contributed by atoms with E-state index in [2.05, 4.69) is 5.32 Å². The maximum atomic E-state index is 12.1. The number of likely N-dealkylation sites (tertiary alicyclic amines) is 1. The number of carbonyl (C=O) groups excluding carboxylic acids is 1. The van der Waals surface area contributed by atoms with E-state index in [1.807, 2.05) is 35.2 Å². The Kier molecular flexibility index (Phi) is 5.83. The fourth-order valence-electron chi connectivity index (χ4n) is 2.25. The van der Waals surface area contributed by atoms with Crippen LogP contribution < -0.4 is 5.32 Å². The van der Waals surface area contributed by atoms with Crippen LogP contribution in [0.4, 0.5) is 10.5 Å². The zero-order valence-electron chi connectivity index (χ0n) is 11.9. The maximum Gasteiger partial charge on any atom is 0.321 e. The van der Waals surface area contributed by atoms with E-state index < -0.39 is 0 Å². The number of nitrogens with zero attached hydrogens (tertiary/aromatic N) is 1. The zero-order valence-corrected chi connectivity index (χ0v) is 11.9. The number of piperidine rings is 1. The molecular weight excluding hydrogens is 256 g/mol. The zero-order chi connectivity index (χ0) is 14.2. The minimum absolute atomic E-state index is 0.0356. The number of anilines is 1. The molecule has 1 aliphatic rings. The highest BCUT2D eigenvalue weighted by atomic mass is 16.5. The summed E-state index contributed by atoms with van der Waals surface area (Å²) in [5, 5.41) is 2.90. The van der Waals surface area contributed by atoms with Gasteiger partial charge in [0, 0.05) is 25.9 Å². The van der Waals surface area contributed by atoms with Crippen LogP contribution >= 0.6 is 0 Å². The number of methoxy groups -OCH3 is 1. The number of para-hydroxylation sites is 1. The van der Waals surface area contributed by atoms with Gasteiger partial charge < -0.3 is 19.7 Å². The first-order valence-corrected chi connectivity index (χ1v) is 7.01. The van der Waals surface area contributed by atoms with E-state index in [1.54, 1.807) is 7.11 Å². The van der Waals surface area contributed by atoms with Crippen molar-refractivity contribution in [3.05, 3.63) is 30.3 Å². The quantitative estimate of drug-likeness (QED) is 0.841. The van der Waals surface area contributed by atoms with Gasteiger partial charge in [0.2, 0.25) is 0 Å². The third kappa shape index (κ3) is 4.51. The van der Waals surface area contributed by atoms with Crippen LogP contribution in [-0.4, -0.2) is 50.4 Å². The first-order valence-electron chi connectivity index (χ1n) is 7.01. The van der Waals surface area contributed by atoms with E-state index in [4.69, 9.17) is 9.47 Å². The monoisotopic (exact) mass is 278 g/mol. The molecule has 0 spiro atoms. The van der Waals surface area contributed by atoms with Gasteiger partial charge in [-0.25, -0.2) is 4.79 Å². The SMILES string of the molecule is COCCOC1CCN(C(=O)Nc2ccccc2)CC1. The van der Waals surface area contributed by atoms with Gasteiger partial charge in [0.15, 0.2) is 0 Å². The molecule has 0 saturated carbocycles. The van der Waals surface area contributed by atoms with Crippen LogP contribution in [0.15, 0.2) is 30.3 Å². The van der Waals surface area contributed by atoms with Crippen LogP contribution in [0.25, 0.3) is 0 Å². The summed E-state index contributed by atoms with van der Waals surface area (Å²) in [5.41, 5.74) is 0.830. The predicted octanol–water partition coefficient (Wildman–Crippen LogP) is 2.35. The van der Waals surface area contributed by atoms with E-state index >= 15 is 0 Å². The summed E-state index contributed by atoms with van der Waals surface area (Å²) in [6, 6.07) is 9.48. The Morgan fingerprint density at radius 1 is 1.25 bits per heavy atom. The standard InChI is InChI=1S/C15H22N2O3/c1-19-11-12-20-14-7-9-17(10-8-14)15(18)16-13-5-3-2-4-6-13/h2-6,14H,7-12H2,1H3,(H,16,18). The van der Waals surface area contributed by atoms with Crippen molar-refractivity contribution < 1.29 is 14.3 Å². The van der Waals surface area contributed by atoms with Crippen molar-refractivity contribution in [1.82, 2.24) is 4.90 Å². The highest BCUT2D eigenvalue weighted by Crippen LogP contribution is 2.15. The fourth-order valence-corrected chi connectivity index (χ4v) is 2.25. The number of urea groups is 1. The second-order valence-electron chi connectivity index (χ2n) is 4.85. The summed E-state index contributed by atoms with van der Waals surface area (Å²) in [4.78, 5) is 13.9. The molecule has 1 aliphatic heterocycles. The van der Waals surface area contributed by atoms with Gasteiger partial charge in [0.25, 0.3) is 0 Å². The van der Waals surface area contributed by atoms with Crippen molar-refractivity contribution in [3.63, 3.8) is 0 Å². The molecule has 20 heavy (non-hydrogen) atoms. The van der Waals surface area contributed by atoms with Crippen molar-refractivity contribution in [2.24, 2.45) is 0 Å². The van der Waals surface area contributed by atoms with Crippen LogP contribution in [-0.2, 0) is 9.47 Å². The molecule has 1 fully saturated rings. The molecule has 0 bridgehead atoms. The number of hydrogen-bond donors (Lipinski definition) is 1. The largest absolute Gasteiger partial charge is 0.382 e. The van der Waals surface area contributed by atoms with Crippen molar-refractivity contribution in [1.29, 1.82) is 0 Å². The molecule has 1 aromatic rings. The number of nitrogens with one attached hydrogen (secondary N) is 1. The van der Waals surface area contributed by atoms with E-state index in [-0.39, 0.29) is 12.1 Å². The lowest BCUT2D eigenvalue weighted by Crippen LogP contribution is -2.43. The van der Waals surface area contributed by atoms with Crippen molar-refractivity contribution in [2.75, 3.05) is 38.7 Å². The lowest BCUT2D eigenvalue weighted by molar-refractivity contribution is -0.00851. The summed E-state index contributed by atoms with van der Waals surface area (Å²) in [5.74, 6) is 0. The Bertz CT molecular complexity index is 403. The Labute approximate surface area is 119 Å². The number of hydrogen-bond acceptors (Lipinski definition) is 3. The lowest BCUT2D eigenvalue weighted by atomic mass is 10.1. The molecule has 1 saturated heterocycles. The molecule has 0 aromatic heterocycles. The average molecular weight is 278 g/mol. The minimum atomic E-state index is -0.0356. The molecule has 5 nitrogen and oxygen atoms in total. The summed E-state index contributed by atoms with van der Waals surface area (Å²) >= 11 is 0. The van der Waals surface area contributed by atoms with Crippen LogP contribution in [0.1, 0.15) is 12.8 Å². The molecule has 0 aliphatic carbocycles. The molecule has 110 valence electrons. The molecule has 1 N–H and O–H groups in total. The summed E-state index contributed by atoms with van der Waals surface area (Å²) in [6.45, 7) is 2.71. The third-order valence-electron chi connectivity index (χ3n) is 3.40. The lowest BCUT2D eigenvalue weighted by Gasteiger charge is -2.31. The topological polar surface area (TPSA) is 50.8 Å². The van der Waals surface area contributed by atoms with Gasteiger partial charge in [0.1, 0.15) is 0 Å². The molecule has 1 aromatic carbocycles. The molecule has 2 amide bonds. The first kappa shape index (κ1) is 14.8. The molecule has 0 unspecified atom stereocenters. The highest BCUT2D eigenvalue weighted by Gasteiger charge is 2.23. The van der Waals surface area contributed by atoms with E-state index in [1.165, 1.54) is 0 Å². The predicted molar refractivity (Wildman–Crippen MR) is 77.9 cm³/mol. The molecule has 0 atom stereocenters. The van der Waals surface area contributed by atoms with Gasteiger partial charge in [0.05, 0.1) is 19.3 Å².